The minimum atomic E-state index is -4.61. The van der Waals surface area contributed by atoms with Gasteiger partial charge < -0.3 is 19.2 Å². The van der Waals surface area contributed by atoms with Crippen LogP contribution in [0.2, 0.25) is 0 Å². The summed E-state index contributed by atoms with van der Waals surface area (Å²) in [4.78, 5) is 29.3. The summed E-state index contributed by atoms with van der Waals surface area (Å²) in [6.45, 7) is 0. The first-order valence-electron chi connectivity index (χ1n) is 0.894. The molecule has 0 aromatic heterocycles. The normalized spacial score (nSPS) is 8.57. The second-order valence-electron chi connectivity index (χ2n) is 0.600. The average molecular weight is 131 g/mol. The molecule has 0 radical (unpaired) electrons. The summed E-state index contributed by atoms with van der Waals surface area (Å²) in [5, 5.41) is 0. The van der Waals surface area contributed by atoms with Crippen LogP contribution < -0.4 is 0 Å². The van der Waals surface area contributed by atoms with Gasteiger partial charge in [0.25, 0.3) is 0 Å². The maximum atomic E-state index is 7.33. The standard InChI is InChI=1S/Be.Na.H4O4Si.3H/c;;1-5(2,3)4;;;/h;;1-4H;;;. The van der Waals surface area contributed by atoms with Crippen molar-refractivity contribution in [3.05, 3.63) is 0 Å². The molecule has 38 valence electrons. The van der Waals surface area contributed by atoms with Gasteiger partial charge in [-0.2, -0.15) is 0 Å². The predicted molar refractivity (Wildman–Crippen MR) is 30.3 cm³/mol. The van der Waals surface area contributed by atoms with Crippen molar-refractivity contribution in [1.82, 2.24) is 0 Å². The van der Waals surface area contributed by atoms with Crippen LogP contribution in [0.1, 0.15) is 0 Å². The average Bonchev–Trinajstić information content (AvgIpc) is 0.722. The molecule has 0 heterocycles. The fraction of sp³-hybridized carbons (Fsp3) is 0. The second kappa shape index (κ2) is 5.36. The van der Waals surface area contributed by atoms with Crippen LogP contribution in [-0.2, 0) is 0 Å². The van der Waals surface area contributed by atoms with E-state index in [1.165, 1.54) is 0 Å². The maximum absolute atomic E-state index is 7.33. The Morgan fingerprint density at radius 1 is 0.857 bits per heavy atom. The van der Waals surface area contributed by atoms with E-state index in [-0.39, 0.29) is 39.7 Å². The molecular weight excluding hydrogens is 124 g/mol. The summed E-state index contributed by atoms with van der Waals surface area (Å²) >= 11 is 0. The first kappa shape index (κ1) is 15.7. The Balaban J connectivity index is -0.0000000800. The topological polar surface area (TPSA) is 80.9 Å². The van der Waals surface area contributed by atoms with Crippen molar-refractivity contribution in [2.45, 2.75) is 0 Å². The molecule has 0 bridgehead atoms. The summed E-state index contributed by atoms with van der Waals surface area (Å²) in [7, 11) is -4.61. The van der Waals surface area contributed by atoms with Crippen LogP contribution in [0.3, 0.4) is 0 Å². The van der Waals surface area contributed by atoms with Gasteiger partial charge in [-0.1, -0.05) is 0 Å². The SMILES string of the molecule is O[Si](O)(O)O.[BeH2].[NaH]. The Labute approximate surface area is 67.8 Å². The molecule has 4 N–H and O–H groups in total. The summed E-state index contributed by atoms with van der Waals surface area (Å²) in [5.74, 6) is 0. The number of hydrogen-bond donors (Lipinski definition) is 4. The molecule has 4 nitrogen and oxygen atoms in total. The molecule has 0 aliphatic carbocycles. The Bertz CT molecular complexity index is 27.2. The Morgan fingerprint density at radius 2 is 0.857 bits per heavy atom. The fourth-order valence-electron chi connectivity index (χ4n) is 0. The molecule has 0 saturated carbocycles. The van der Waals surface area contributed by atoms with Crippen molar-refractivity contribution in [1.29, 1.82) is 0 Å². The Morgan fingerprint density at radius 3 is 0.857 bits per heavy atom. The summed E-state index contributed by atoms with van der Waals surface area (Å²) in [6, 6.07) is 0. The first-order chi connectivity index (χ1) is 2.00. The molecule has 0 aromatic rings. The van der Waals surface area contributed by atoms with Crippen molar-refractivity contribution in [3.8, 4) is 0 Å². The molecule has 7 heavy (non-hydrogen) atoms. The molecule has 0 unspecified atom stereocenters. The van der Waals surface area contributed by atoms with E-state index in [0.717, 1.165) is 0 Å². The summed E-state index contributed by atoms with van der Waals surface area (Å²) in [5.41, 5.74) is 0. The van der Waals surface area contributed by atoms with Gasteiger partial charge >= 0.3 is 48.7 Å². The molecule has 0 aliphatic heterocycles. The van der Waals surface area contributed by atoms with Gasteiger partial charge in [0.05, 0.1) is 0 Å². The molecule has 0 fully saturated rings. The Kier molecular flexibility index (Phi) is 12.1. The van der Waals surface area contributed by atoms with Gasteiger partial charge in [-0.15, -0.1) is 0 Å². The van der Waals surface area contributed by atoms with Gasteiger partial charge in [-0.3, -0.25) is 0 Å². The Hall–Kier alpha value is 1.23. The van der Waals surface area contributed by atoms with E-state index in [1.54, 1.807) is 0 Å². The van der Waals surface area contributed by atoms with Crippen molar-refractivity contribution in [3.63, 3.8) is 0 Å². The molecule has 0 saturated heterocycles. The van der Waals surface area contributed by atoms with E-state index in [2.05, 4.69) is 0 Å². The number of hydrogen-bond acceptors (Lipinski definition) is 4. The van der Waals surface area contributed by atoms with Gasteiger partial charge in [-0.25, -0.2) is 0 Å². The van der Waals surface area contributed by atoms with Crippen molar-refractivity contribution in [2.75, 3.05) is 0 Å². The first-order valence-corrected chi connectivity index (χ1v) is 2.68. The zero-order valence-electron chi connectivity index (χ0n) is 2.29. The van der Waals surface area contributed by atoms with E-state index >= 15 is 0 Å². The molecule has 0 rings (SSSR count). The summed E-state index contributed by atoms with van der Waals surface area (Å²) in [6.07, 6.45) is 0. The van der Waals surface area contributed by atoms with Gasteiger partial charge in [0.15, 0.2) is 0 Å². The van der Waals surface area contributed by atoms with Crippen LogP contribution in [0.4, 0.5) is 0 Å². The van der Waals surface area contributed by atoms with E-state index < -0.39 is 9.05 Å². The van der Waals surface area contributed by atoms with Crippen LogP contribution >= 0.6 is 0 Å². The van der Waals surface area contributed by atoms with Crippen LogP contribution in [0.15, 0.2) is 0 Å². The van der Waals surface area contributed by atoms with Crippen molar-refractivity contribution in [2.24, 2.45) is 0 Å². The van der Waals surface area contributed by atoms with Crippen LogP contribution in [0.25, 0.3) is 0 Å². The van der Waals surface area contributed by atoms with E-state index in [1.807, 2.05) is 0 Å². The van der Waals surface area contributed by atoms with Gasteiger partial charge in [0, 0.05) is 0 Å². The van der Waals surface area contributed by atoms with Crippen LogP contribution in [0.5, 0.6) is 0 Å². The van der Waals surface area contributed by atoms with E-state index in [4.69, 9.17) is 19.2 Å². The second-order valence-corrected chi connectivity index (χ2v) is 1.80. The van der Waals surface area contributed by atoms with Crippen molar-refractivity contribution >= 4 is 48.7 Å². The van der Waals surface area contributed by atoms with E-state index in [9.17, 15) is 0 Å². The zero-order valence-corrected chi connectivity index (χ0v) is 3.29. The van der Waals surface area contributed by atoms with Gasteiger partial charge in [0.2, 0.25) is 0 Å². The predicted octanol–water partition coefficient (Wildman–Crippen LogP) is -4.17. The third-order valence-corrected chi connectivity index (χ3v) is 0. The third-order valence-electron chi connectivity index (χ3n) is 0. The molecule has 7 heteroatoms. The molecule has 0 atom stereocenters. The molecule has 0 aliphatic rings. The van der Waals surface area contributed by atoms with E-state index in [0.29, 0.717) is 0 Å². The van der Waals surface area contributed by atoms with Crippen LogP contribution in [-0.4, -0.2) is 67.9 Å². The van der Waals surface area contributed by atoms with Gasteiger partial charge in [-0.05, 0) is 0 Å². The quantitative estimate of drug-likeness (QED) is 0.251. The molecule has 0 aromatic carbocycles. The molecule has 0 spiro atoms. The fourth-order valence-corrected chi connectivity index (χ4v) is 0. The van der Waals surface area contributed by atoms with Crippen LogP contribution in [0, 0.1) is 0 Å². The number of rotatable bonds is 0. The summed E-state index contributed by atoms with van der Waals surface area (Å²) < 4.78 is 0. The zero-order chi connectivity index (χ0) is 4.50. The van der Waals surface area contributed by atoms with Gasteiger partial charge in [0.1, 0.15) is 0 Å². The minimum absolute atomic E-state index is 0. The molecule has 0 amide bonds. The molecular formula is H7BeNaO4Si. The third kappa shape index (κ3) is 131. The van der Waals surface area contributed by atoms with Crippen molar-refractivity contribution < 1.29 is 19.2 Å². The monoisotopic (exact) mass is 131 g/mol.